The maximum atomic E-state index is 12.1. The molecule has 1 aliphatic heterocycles. The second-order valence-corrected chi connectivity index (χ2v) is 4.19. The fourth-order valence-electron chi connectivity index (χ4n) is 2.07. The highest BCUT2D eigenvalue weighted by atomic mass is 19.4. The van der Waals surface area contributed by atoms with Gasteiger partial charge in [-0.25, -0.2) is 0 Å². The molecule has 1 rings (SSSR count). The van der Waals surface area contributed by atoms with E-state index in [1.165, 1.54) is 0 Å². The molecular weight excluding hydrogens is 207 g/mol. The molecule has 3 unspecified atom stereocenters. The number of rotatable bonds is 4. The topological polar surface area (TPSA) is 21.3 Å². The van der Waals surface area contributed by atoms with Crippen molar-refractivity contribution in [1.82, 2.24) is 5.32 Å². The molecule has 5 heteroatoms. The van der Waals surface area contributed by atoms with Gasteiger partial charge in [0.1, 0.15) is 0 Å². The minimum atomic E-state index is -4.06. The van der Waals surface area contributed by atoms with Gasteiger partial charge in [-0.05, 0) is 26.8 Å². The van der Waals surface area contributed by atoms with Crippen molar-refractivity contribution >= 4 is 0 Å². The summed E-state index contributed by atoms with van der Waals surface area (Å²) in [6, 6.07) is -0.0865. The Morgan fingerprint density at radius 1 is 1.47 bits per heavy atom. The Labute approximate surface area is 88.2 Å². The Bertz CT molecular complexity index is 196. The lowest BCUT2D eigenvalue weighted by atomic mass is 9.93. The third kappa shape index (κ3) is 4.38. The molecule has 1 saturated heterocycles. The third-order valence-corrected chi connectivity index (χ3v) is 2.91. The zero-order valence-corrected chi connectivity index (χ0v) is 9.10. The van der Waals surface area contributed by atoms with Gasteiger partial charge in [0, 0.05) is 18.4 Å². The van der Waals surface area contributed by atoms with Crippen molar-refractivity contribution in [3.63, 3.8) is 0 Å². The Hall–Kier alpha value is -0.290. The van der Waals surface area contributed by atoms with Gasteiger partial charge in [0.05, 0.1) is 12.7 Å². The minimum absolute atomic E-state index is 0.0865. The first-order chi connectivity index (χ1) is 6.92. The van der Waals surface area contributed by atoms with E-state index < -0.39 is 12.6 Å². The molecule has 0 aromatic carbocycles. The lowest BCUT2D eigenvalue weighted by Gasteiger charge is -2.22. The first-order valence-electron chi connectivity index (χ1n) is 5.28. The summed E-state index contributed by atoms with van der Waals surface area (Å²) in [6.07, 6.45) is -3.61. The average Bonchev–Trinajstić information content (AvgIpc) is 2.51. The quantitative estimate of drug-likeness (QED) is 0.793. The summed E-state index contributed by atoms with van der Waals surface area (Å²) in [5, 5.41) is 2.96. The highest BCUT2D eigenvalue weighted by molar-refractivity contribution is 4.81. The second-order valence-electron chi connectivity index (χ2n) is 4.19. The molecule has 0 radical (unpaired) electrons. The number of nitrogens with one attached hydrogen (secondary N) is 1. The van der Waals surface area contributed by atoms with Gasteiger partial charge in [0.25, 0.3) is 0 Å². The molecule has 0 amide bonds. The van der Waals surface area contributed by atoms with Crippen LogP contribution < -0.4 is 5.32 Å². The number of alkyl halides is 3. The number of halogens is 3. The average molecular weight is 225 g/mol. The smallest absolute Gasteiger partial charge is 0.378 e. The Balaban J connectivity index is 2.36. The normalized spacial score (nSPS) is 29.4. The molecule has 2 nitrogen and oxygen atoms in total. The molecule has 0 bridgehead atoms. The summed E-state index contributed by atoms with van der Waals surface area (Å²) >= 11 is 0. The van der Waals surface area contributed by atoms with Crippen molar-refractivity contribution in [1.29, 1.82) is 0 Å². The predicted molar refractivity (Wildman–Crippen MR) is 51.7 cm³/mol. The standard InChI is InChI=1S/C10H18F3NO/c1-7-5-8(6-15-7)9(14-2)3-4-10(11,12)13/h7-9,14H,3-6H2,1-2H3. The molecule has 1 fully saturated rings. The molecule has 0 saturated carbocycles. The van der Waals surface area contributed by atoms with Gasteiger partial charge in [-0.3, -0.25) is 0 Å². The minimum Gasteiger partial charge on any atom is -0.378 e. The van der Waals surface area contributed by atoms with Crippen LogP contribution in [0, 0.1) is 5.92 Å². The third-order valence-electron chi connectivity index (χ3n) is 2.91. The monoisotopic (exact) mass is 225 g/mol. The maximum absolute atomic E-state index is 12.1. The number of hydrogen-bond donors (Lipinski definition) is 1. The molecule has 0 aromatic rings. The van der Waals surface area contributed by atoms with Gasteiger partial charge in [0.15, 0.2) is 0 Å². The summed E-state index contributed by atoms with van der Waals surface area (Å²) in [5.74, 6) is 0.215. The van der Waals surface area contributed by atoms with Crippen molar-refractivity contribution in [2.24, 2.45) is 5.92 Å². The van der Waals surface area contributed by atoms with Crippen LogP contribution in [0.25, 0.3) is 0 Å². The molecule has 0 aromatic heterocycles. The van der Waals surface area contributed by atoms with E-state index in [4.69, 9.17) is 4.74 Å². The molecule has 90 valence electrons. The summed E-state index contributed by atoms with van der Waals surface area (Å²) in [5.41, 5.74) is 0. The Kier molecular flexibility index (Phi) is 4.40. The van der Waals surface area contributed by atoms with Crippen molar-refractivity contribution < 1.29 is 17.9 Å². The van der Waals surface area contributed by atoms with Crippen molar-refractivity contribution in [3.8, 4) is 0 Å². The molecule has 1 heterocycles. The first kappa shape index (κ1) is 12.8. The highest BCUT2D eigenvalue weighted by Crippen LogP contribution is 2.28. The predicted octanol–water partition coefficient (Wildman–Crippen LogP) is 2.34. The molecule has 0 spiro atoms. The molecule has 15 heavy (non-hydrogen) atoms. The van der Waals surface area contributed by atoms with Gasteiger partial charge in [0.2, 0.25) is 0 Å². The number of hydrogen-bond acceptors (Lipinski definition) is 2. The van der Waals surface area contributed by atoms with Crippen molar-refractivity contribution in [3.05, 3.63) is 0 Å². The summed E-state index contributed by atoms with van der Waals surface area (Å²) in [7, 11) is 1.71. The van der Waals surface area contributed by atoms with Crippen LogP contribution in [0.15, 0.2) is 0 Å². The molecule has 1 N–H and O–H groups in total. The Morgan fingerprint density at radius 2 is 2.13 bits per heavy atom. The number of ether oxygens (including phenoxy) is 1. The van der Waals surface area contributed by atoms with Gasteiger partial charge in [-0.15, -0.1) is 0 Å². The van der Waals surface area contributed by atoms with Crippen LogP contribution in [0.5, 0.6) is 0 Å². The zero-order chi connectivity index (χ0) is 11.5. The van der Waals surface area contributed by atoms with Crippen LogP contribution in [0.4, 0.5) is 13.2 Å². The van der Waals surface area contributed by atoms with Crippen LogP contribution in [0.3, 0.4) is 0 Å². The molecule has 3 atom stereocenters. The molecule has 1 aliphatic rings. The fraction of sp³-hybridized carbons (Fsp3) is 1.00. The molecular formula is C10H18F3NO. The lowest BCUT2D eigenvalue weighted by molar-refractivity contribution is -0.137. The van der Waals surface area contributed by atoms with Gasteiger partial charge < -0.3 is 10.1 Å². The van der Waals surface area contributed by atoms with Gasteiger partial charge in [-0.1, -0.05) is 0 Å². The van der Waals surface area contributed by atoms with Crippen molar-refractivity contribution in [2.75, 3.05) is 13.7 Å². The summed E-state index contributed by atoms with van der Waals surface area (Å²) in [4.78, 5) is 0. The fourth-order valence-corrected chi connectivity index (χ4v) is 2.07. The van der Waals surface area contributed by atoms with Crippen LogP contribution in [0.2, 0.25) is 0 Å². The van der Waals surface area contributed by atoms with Crippen molar-refractivity contribution in [2.45, 2.75) is 44.5 Å². The lowest BCUT2D eigenvalue weighted by Crippen LogP contribution is -2.35. The van der Waals surface area contributed by atoms with E-state index >= 15 is 0 Å². The Morgan fingerprint density at radius 3 is 2.53 bits per heavy atom. The van der Waals surface area contributed by atoms with Crippen LogP contribution in [-0.2, 0) is 4.74 Å². The zero-order valence-electron chi connectivity index (χ0n) is 9.10. The first-order valence-corrected chi connectivity index (χ1v) is 5.28. The van der Waals surface area contributed by atoms with E-state index in [9.17, 15) is 13.2 Å². The van der Waals surface area contributed by atoms with E-state index in [1.807, 2.05) is 6.92 Å². The maximum Gasteiger partial charge on any atom is 0.389 e. The van der Waals surface area contributed by atoms with Crippen LogP contribution in [0.1, 0.15) is 26.2 Å². The summed E-state index contributed by atoms with van der Waals surface area (Å²) in [6.45, 7) is 2.53. The summed E-state index contributed by atoms with van der Waals surface area (Å²) < 4.78 is 41.5. The van der Waals surface area contributed by atoms with Gasteiger partial charge >= 0.3 is 6.18 Å². The van der Waals surface area contributed by atoms with Crippen LogP contribution >= 0.6 is 0 Å². The molecule has 0 aliphatic carbocycles. The van der Waals surface area contributed by atoms with E-state index in [1.54, 1.807) is 7.05 Å². The van der Waals surface area contributed by atoms with E-state index in [-0.39, 0.29) is 24.5 Å². The van der Waals surface area contributed by atoms with Crippen LogP contribution in [-0.4, -0.2) is 32.0 Å². The SMILES string of the molecule is CNC(CCC(F)(F)F)C1COC(C)C1. The second kappa shape index (κ2) is 5.16. The van der Waals surface area contributed by atoms with E-state index in [0.29, 0.717) is 6.61 Å². The van der Waals surface area contributed by atoms with Gasteiger partial charge in [-0.2, -0.15) is 13.2 Å². The largest absolute Gasteiger partial charge is 0.389 e. The van der Waals surface area contributed by atoms with E-state index in [0.717, 1.165) is 6.42 Å². The highest BCUT2D eigenvalue weighted by Gasteiger charge is 2.33. The van der Waals surface area contributed by atoms with E-state index in [2.05, 4.69) is 5.32 Å².